The Morgan fingerprint density at radius 3 is 2.80 bits per heavy atom. The average Bonchev–Trinajstić information content (AvgIpc) is 2.48. The predicted octanol–water partition coefficient (Wildman–Crippen LogP) is 3.56. The van der Waals surface area contributed by atoms with Gasteiger partial charge in [0.25, 0.3) is 0 Å². The van der Waals surface area contributed by atoms with Crippen molar-refractivity contribution in [1.82, 2.24) is 10.3 Å². The van der Waals surface area contributed by atoms with Gasteiger partial charge in [-0.05, 0) is 43.2 Å². The van der Waals surface area contributed by atoms with E-state index in [0.717, 1.165) is 30.4 Å². The van der Waals surface area contributed by atoms with Crippen molar-refractivity contribution in [2.24, 2.45) is 11.8 Å². The second-order valence-electron chi connectivity index (χ2n) is 6.15. The van der Waals surface area contributed by atoms with Crippen LogP contribution in [0.4, 0.5) is 10.5 Å². The highest BCUT2D eigenvalue weighted by molar-refractivity contribution is 5.89. The van der Waals surface area contributed by atoms with Crippen molar-refractivity contribution in [2.75, 3.05) is 5.32 Å². The quantitative estimate of drug-likeness (QED) is 0.865. The molecule has 1 aromatic rings. The summed E-state index contributed by atoms with van der Waals surface area (Å²) in [6.07, 6.45) is 12.5. The second kappa shape index (κ2) is 6.25. The van der Waals surface area contributed by atoms with Crippen LogP contribution in [0.2, 0.25) is 0 Å². The number of anilines is 1. The molecule has 4 heteroatoms. The average molecular weight is 273 g/mol. The maximum Gasteiger partial charge on any atom is 0.319 e. The van der Waals surface area contributed by atoms with E-state index in [1.807, 2.05) is 12.1 Å². The van der Waals surface area contributed by atoms with Crippen molar-refractivity contribution in [3.8, 4) is 0 Å². The molecule has 3 atom stereocenters. The highest BCUT2D eigenvalue weighted by Gasteiger charge is 2.32. The summed E-state index contributed by atoms with van der Waals surface area (Å²) >= 11 is 0. The number of pyridine rings is 1. The van der Waals surface area contributed by atoms with E-state index in [2.05, 4.69) is 15.6 Å². The van der Waals surface area contributed by atoms with Crippen molar-refractivity contribution in [1.29, 1.82) is 0 Å². The van der Waals surface area contributed by atoms with E-state index in [4.69, 9.17) is 0 Å². The lowest BCUT2D eigenvalue weighted by atomic mass is 9.69. The first kappa shape index (κ1) is 13.4. The molecule has 2 fully saturated rings. The number of urea groups is 1. The smallest absolute Gasteiger partial charge is 0.319 e. The number of nitrogens with one attached hydrogen (secondary N) is 2. The molecule has 2 aliphatic carbocycles. The fourth-order valence-corrected chi connectivity index (χ4v) is 3.79. The standard InChI is InChI=1S/C16H23N3O/c20-16(19-15-6-3-9-17-11-15)18-14-8-7-12-4-1-2-5-13(12)10-14/h3,6,9,11-14H,1-2,4-5,7-8,10H2,(H2,18,19,20)/t12-,13+,14-/m1/s1. The maximum atomic E-state index is 12.0. The summed E-state index contributed by atoms with van der Waals surface area (Å²) in [6, 6.07) is 3.91. The zero-order valence-electron chi connectivity index (χ0n) is 11.8. The number of fused-ring (bicyclic) bond motifs is 1. The Balaban J connectivity index is 1.49. The summed E-state index contributed by atoms with van der Waals surface area (Å²) in [4.78, 5) is 16.0. The molecule has 0 saturated heterocycles. The van der Waals surface area contributed by atoms with Gasteiger partial charge < -0.3 is 10.6 Å². The van der Waals surface area contributed by atoms with Crippen molar-refractivity contribution in [2.45, 2.75) is 51.0 Å². The molecule has 2 saturated carbocycles. The molecule has 2 amide bonds. The molecule has 4 nitrogen and oxygen atoms in total. The number of aromatic nitrogens is 1. The summed E-state index contributed by atoms with van der Waals surface area (Å²) in [7, 11) is 0. The summed E-state index contributed by atoms with van der Waals surface area (Å²) in [5.74, 6) is 1.75. The third-order valence-corrected chi connectivity index (χ3v) is 4.79. The molecule has 2 aliphatic rings. The van der Waals surface area contributed by atoms with Crippen LogP contribution in [0.15, 0.2) is 24.5 Å². The van der Waals surface area contributed by atoms with E-state index in [0.29, 0.717) is 6.04 Å². The van der Waals surface area contributed by atoms with E-state index in [9.17, 15) is 4.79 Å². The molecular weight excluding hydrogens is 250 g/mol. The Hall–Kier alpha value is -1.58. The van der Waals surface area contributed by atoms with Crippen LogP contribution in [0, 0.1) is 11.8 Å². The molecule has 0 spiro atoms. The highest BCUT2D eigenvalue weighted by Crippen LogP contribution is 2.40. The van der Waals surface area contributed by atoms with Crippen molar-refractivity contribution in [3.63, 3.8) is 0 Å². The van der Waals surface area contributed by atoms with Gasteiger partial charge in [-0.2, -0.15) is 0 Å². The van der Waals surface area contributed by atoms with Crippen LogP contribution in [-0.2, 0) is 0 Å². The molecule has 3 rings (SSSR count). The van der Waals surface area contributed by atoms with Gasteiger partial charge in [-0.3, -0.25) is 4.98 Å². The van der Waals surface area contributed by atoms with Crippen LogP contribution in [0.1, 0.15) is 44.9 Å². The first-order chi connectivity index (χ1) is 9.81. The molecule has 108 valence electrons. The monoisotopic (exact) mass is 273 g/mol. The Morgan fingerprint density at radius 2 is 2.00 bits per heavy atom. The van der Waals surface area contributed by atoms with E-state index >= 15 is 0 Å². The molecule has 20 heavy (non-hydrogen) atoms. The van der Waals surface area contributed by atoms with Gasteiger partial charge in [-0.1, -0.05) is 25.7 Å². The number of carbonyl (C=O) groups excluding carboxylic acids is 1. The molecular formula is C16H23N3O. The van der Waals surface area contributed by atoms with E-state index in [1.165, 1.54) is 32.1 Å². The number of nitrogens with zero attached hydrogens (tertiary/aromatic N) is 1. The van der Waals surface area contributed by atoms with Crippen LogP contribution < -0.4 is 10.6 Å². The highest BCUT2D eigenvalue weighted by atomic mass is 16.2. The zero-order valence-corrected chi connectivity index (χ0v) is 11.8. The number of hydrogen-bond donors (Lipinski definition) is 2. The van der Waals surface area contributed by atoms with Crippen LogP contribution in [0.5, 0.6) is 0 Å². The van der Waals surface area contributed by atoms with Gasteiger partial charge in [0, 0.05) is 12.2 Å². The summed E-state index contributed by atoms with van der Waals surface area (Å²) in [5, 5.41) is 5.97. The minimum absolute atomic E-state index is 0.0998. The Morgan fingerprint density at radius 1 is 1.15 bits per heavy atom. The Bertz CT molecular complexity index is 448. The van der Waals surface area contributed by atoms with E-state index < -0.39 is 0 Å². The van der Waals surface area contributed by atoms with Crippen molar-refractivity contribution < 1.29 is 4.79 Å². The normalized spacial score (nSPS) is 29.3. The van der Waals surface area contributed by atoms with Crippen LogP contribution in [0.25, 0.3) is 0 Å². The Labute approximate surface area is 120 Å². The zero-order chi connectivity index (χ0) is 13.8. The van der Waals surface area contributed by atoms with Crippen molar-refractivity contribution in [3.05, 3.63) is 24.5 Å². The second-order valence-corrected chi connectivity index (χ2v) is 6.15. The van der Waals surface area contributed by atoms with Crippen LogP contribution in [0.3, 0.4) is 0 Å². The van der Waals surface area contributed by atoms with Gasteiger partial charge in [0.1, 0.15) is 0 Å². The number of rotatable bonds is 2. The van der Waals surface area contributed by atoms with Crippen LogP contribution >= 0.6 is 0 Å². The molecule has 1 aromatic heterocycles. The van der Waals surface area contributed by atoms with Gasteiger partial charge in [0.2, 0.25) is 0 Å². The number of amides is 2. The lowest BCUT2D eigenvalue weighted by Gasteiger charge is -2.39. The molecule has 0 radical (unpaired) electrons. The topological polar surface area (TPSA) is 54.0 Å². The molecule has 0 bridgehead atoms. The Kier molecular flexibility index (Phi) is 4.19. The molecule has 0 aliphatic heterocycles. The maximum absolute atomic E-state index is 12.0. The van der Waals surface area contributed by atoms with Gasteiger partial charge in [-0.15, -0.1) is 0 Å². The van der Waals surface area contributed by atoms with Crippen LogP contribution in [-0.4, -0.2) is 17.1 Å². The fourth-order valence-electron chi connectivity index (χ4n) is 3.79. The largest absolute Gasteiger partial charge is 0.335 e. The summed E-state index contributed by atoms with van der Waals surface area (Å²) in [6.45, 7) is 0. The third-order valence-electron chi connectivity index (χ3n) is 4.79. The fraction of sp³-hybridized carbons (Fsp3) is 0.625. The lowest BCUT2D eigenvalue weighted by Crippen LogP contribution is -2.43. The minimum atomic E-state index is -0.0998. The third kappa shape index (κ3) is 3.30. The number of hydrogen-bond acceptors (Lipinski definition) is 2. The first-order valence-corrected chi connectivity index (χ1v) is 7.79. The van der Waals surface area contributed by atoms with E-state index in [-0.39, 0.29) is 6.03 Å². The van der Waals surface area contributed by atoms with E-state index in [1.54, 1.807) is 12.4 Å². The first-order valence-electron chi connectivity index (χ1n) is 7.79. The predicted molar refractivity (Wildman–Crippen MR) is 79.5 cm³/mol. The van der Waals surface area contributed by atoms with Gasteiger partial charge in [-0.25, -0.2) is 4.79 Å². The molecule has 1 heterocycles. The summed E-state index contributed by atoms with van der Waals surface area (Å²) in [5.41, 5.74) is 0.747. The molecule has 0 aromatic carbocycles. The number of carbonyl (C=O) groups is 1. The summed E-state index contributed by atoms with van der Waals surface area (Å²) < 4.78 is 0. The molecule has 2 N–H and O–H groups in total. The molecule has 0 unspecified atom stereocenters. The van der Waals surface area contributed by atoms with Gasteiger partial charge in [0.05, 0.1) is 11.9 Å². The van der Waals surface area contributed by atoms with Gasteiger partial charge in [0.15, 0.2) is 0 Å². The van der Waals surface area contributed by atoms with Crippen molar-refractivity contribution >= 4 is 11.7 Å². The lowest BCUT2D eigenvalue weighted by molar-refractivity contribution is 0.146. The minimum Gasteiger partial charge on any atom is -0.335 e. The van der Waals surface area contributed by atoms with Gasteiger partial charge >= 0.3 is 6.03 Å². The SMILES string of the molecule is O=C(Nc1cccnc1)N[C@@H]1CC[C@H]2CCCC[C@H]2C1.